The van der Waals surface area contributed by atoms with Crippen LogP contribution in [-0.2, 0) is 21.0 Å². The summed E-state index contributed by atoms with van der Waals surface area (Å²) in [6.45, 7) is 1.46. The zero-order chi connectivity index (χ0) is 24.8. The maximum atomic E-state index is 12.5. The van der Waals surface area contributed by atoms with E-state index >= 15 is 0 Å². The van der Waals surface area contributed by atoms with Crippen LogP contribution in [-0.4, -0.2) is 47.6 Å². The third-order valence-corrected chi connectivity index (χ3v) is 6.18. The lowest BCUT2D eigenvalue weighted by molar-refractivity contribution is -0.145. The van der Waals surface area contributed by atoms with Crippen LogP contribution in [0.2, 0.25) is 10.0 Å². The lowest BCUT2D eigenvalue weighted by Crippen LogP contribution is -2.39. The standard InChI is InChI=1S/C23H26Cl2N4O5/c1-29-11-18(17-8-14(24)9-20(25)19(17)12-29)13-3-2-4-15(7-13)27-23(33)28-16(10-21(30)31)5-6-22(32)34-26/h2-4,7-9,16,18H,5-6,10-12,26H2,1H3,(H,30,31)(H2,27,28,33)/t16-,18-/m0/s1. The zero-order valence-corrected chi connectivity index (χ0v) is 20.0. The third kappa shape index (κ3) is 6.83. The van der Waals surface area contributed by atoms with Crippen LogP contribution in [0.4, 0.5) is 10.5 Å². The number of carboxylic acid groups (broad SMARTS) is 1. The van der Waals surface area contributed by atoms with E-state index in [0.717, 1.165) is 23.2 Å². The van der Waals surface area contributed by atoms with Crippen molar-refractivity contribution in [3.8, 4) is 0 Å². The monoisotopic (exact) mass is 508 g/mol. The van der Waals surface area contributed by atoms with Crippen LogP contribution in [0.25, 0.3) is 0 Å². The van der Waals surface area contributed by atoms with Gasteiger partial charge in [-0.2, -0.15) is 5.90 Å². The number of halogens is 2. The van der Waals surface area contributed by atoms with E-state index in [4.69, 9.17) is 34.2 Å². The lowest BCUT2D eigenvalue weighted by Gasteiger charge is -2.33. The topological polar surface area (TPSA) is 134 Å². The Labute approximate surface area is 207 Å². The Balaban J connectivity index is 1.75. The fourth-order valence-corrected chi connectivity index (χ4v) is 4.67. The van der Waals surface area contributed by atoms with Crippen LogP contribution in [0.1, 0.15) is 41.9 Å². The van der Waals surface area contributed by atoms with E-state index in [1.807, 2.05) is 31.3 Å². The molecule has 0 spiro atoms. The van der Waals surface area contributed by atoms with Crippen LogP contribution in [0.15, 0.2) is 36.4 Å². The van der Waals surface area contributed by atoms with Crippen molar-refractivity contribution < 1.29 is 24.3 Å². The number of nitrogens with one attached hydrogen (secondary N) is 2. The quantitative estimate of drug-likeness (QED) is 0.399. The van der Waals surface area contributed by atoms with Crippen molar-refractivity contribution in [1.29, 1.82) is 0 Å². The molecular weight excluding hydrogens is 483 g/mol. The first-order chi connectivity index (χ1) is 16.2. The molecule has 2 aromatic rings. The van der Waals surface area contributed by atoms with Gasteiger partial charge in [0.2, 0.25) is 0 Å². The molecule has 0 radical (unpaired) electrons. The van der Waals surface area contributed by atoms with Gasteiger partial charge in [-0.3, -0.25) is 9.59 Å². The highest BCUT2D eigenvalue weighted by atomic mass is 35.5. The Bertz CT molecular complexity index is 1080. The molecule has 2 aromatic carbocycles. The van der Waals surface area contributed by atoms with Crippen LogP contribution < -0.4 is 16.5 Å². The van der Waals surface area contributed by atoms with Gasteiger partial charge in [-0.25, -0.2) is 4.79 Å². The fraction of sp³-hybridized carbons (Fsp3) is 0.348. The summed E-state index contributed by atoms with van der Waals surface area (Å²) in [7, 11) is 2.01. The molecule has 0 unspecified atom stereocenters. The minimum absolute atomic E-state index is 0.00297. The van der Waals surface area contributed by atoms with Gasteiger partial charge < -0.3 is 25.5 Å². The number of benzene rings is 2. The zero-order valence-electron chi connectivity index (χ0n) is 18.5. The van der Waals surface area contributed by atoms with E-state index in [1.54, 1.807) is 12.1 Å². The van der Waals surface area contributed by atoms with E-state index in [1.165, 1.54) is 0 Å². The number of amides is 2. The van der Waals surface area contributed by atoms with Crippen molar-refractivity contribution in [3.63, 3.8) is 0 Å². The number of nitrogens with two attached hydrogens (primary N) is 1. The molecule has 0 aromatic heterocycles. The number of hydrogen-bond acceptors (Lipinski definition) is 6. The van der Waals surface area contributed by atoms with E-state index in [2.05, 4.69) is 20.4 Å². The maximum Gasteiger partial charge on any atom is 0.324 e. The molecular formula is C23H26Cl2N4O5. The van der Waals surface area contributed by atoms with Crippen LogP contribution >= 0.6 is 23.2 Å². The van der Waals surface area contributed by atoms with Gasteiger partial charge >= 0.3 is 18.0 Å². The van der Waals surface area contributed by atoms with Crippen LogP contribution in [0.3, 0.4) is 0 Å². The van der Waals surface area contributed by atoms with Gasteiger partial charge in [0.25, 0.3) is 0 Å². The van der Waals surface area contributed by atoms with Crippen molar-refractivity contribution in [2.24, 2.45) is 5.90 Å². The number of nitrogens with zero attached hydrogens (tertiary/aromatic N) is 1. The minimum atomic E-state index is -1.11. The normalized spacial score (nSPS) is 16.3. The average Bonchev–Trinajstić information content (AvgIpc) is 2.77. The highest BCUT2D eigenvalue weighted by Gasteiger charge is 2.27. The van der Waals surface area contributed by atoms with Crippen molar-refractivity contribution >= 4 is 46.9 Å². The summed E-state index contributed by atoms with van der Waals surface area (Å²) in [5, 5.41) is 15.6. The Morgan fingerprint density at radius 1 is 1.26 bits per heavy atom. The number of hydrogen-bond donors (Lipinski definition) is 4. The van der Waals surface area contributed by atoms with Crippen molar-refractivity contribution in [2.75, 3.05) is 18.9 Å². The molecule has 2 atom stereocenters. The maximum absolute atomic E-state index is 12.5. The summed E-state index contributed by atoms with van der Waals surface area (Å²) in [6, 6.07) is 9.70. The molecule has 0 aliphatic carbocycles. The molecule has 5 N–H and O–H groups in total. The van der Waals surface area contributed by atoms with E-state index in [0.29, 0.717) is 22.3 Å². The molecule has 11 heteroatoms. The molecule has 1 heterocycles. The Kier molecular flexibility index (Phi) is 8.73. The van der Waals surface area contributed by atoms with Crippen LogP contribution in [0, 0.1) is 0 Å². The van der Waals surface area contributed by atoms with E-state index in [9.17, 15) is 14.4 Å². The number of carboxylic acids is 1. The summed E-state index contributed by atoms with van der Waals surface area (Å²) in [5.41, 5.74) is 3.57. The Morgan fingerprint density at radius 3 is 2.74 bits per heavy atom. The molecule has 3 rings (SSSR count). The highest BCUT2D eigenvalue weighted by molar-refractivity contribution is 6.35. The molecule has 34 heavy (non-hydrogen) atoms. The average molecular weight is 509 g/mol. The van der Waals surface area contributed by atoms with Gasteiger partial charge in [0.05, 0.1) is 6.42 Å². The third-order valence-electron chi connectivity index (χ3n) is 5.62. The summed E-state index contributed by atoms with van der Waals surface area (Å²) >= 11 is 12.7. The number of fused-ring (bicyclic) bond motifs is 1. The molecule has 0 fully saturated rings. The van der Waals surface area contributed by atoms with Gasteiger partial charge in [-0.1, -0.05) is 35.3 Å². The fourth-order valence-electron chi connectivity index (χ4n) is 4.10. The van der Waals surface area contributed by atoms with Gasteiger partial charge in [0, 0.05) is 47.2 Å². The smallest absolute Gasteiger partial charge is 0.324 e. The molecule has 9 nitrogen and oxygen atoms in total. The second-order valence-corrected chi connectivity index (χ2v) is 9.10. The number of carbonyl (C=O) groups is 3. The first-order valence-corrected chi connectivity index (χ1v) is 11.4. The number of likely N-dealkylation sites (N-methyl/N-ethyl adjacent to an activating group) is 1. The molecule has 182 valence electrons. The van der Waals surface area contributed by atoms with Gasteiger partial charge in [0.1, 0.15) is 0 Å². The summed E-state index contributed by atoms with van der Waals surface area (Å²) in [5.74, 6) is 3.01. The van der Waals surface area contributed by atoms with E-state index < -0.39 is 24.0 Å². The molecule has 1 aliphatic heterocycles. The second kappa shape index (κ2) is 11.5. The number of aliphatic carboxylic acids is 1. The van der Waals surface area contributed by atoms with Crippen molar-refractivity contribution in [3.05, 3.63) is 63.1 Å². The largest absolute Gasteiger partial charge is 0.481 e. The first-order valence-electron chi connectivity index (χ1n) is 10.6. The second-order valence-electron chi connectivity index (χ2n) is 8.25. The molecule has 0 saturated carbocycles. The predicted octanol–water partition coefficient (Wildman–Crippen LogP) is 3.73. The van der Waals surface area contributed by atoms with Gasteiger partial charge in [-0.05, 0) is 54.4 Å². The number of anilines is 1. The van der Waals surface area contributed by atoms with Crippen molar-refractivity contribution in [1.82, 2.24) is 10.2 Å². The Morgan fingerprint density at radius 2 is 2.03 bits per heavy atom. The molecule has 1 aliphatic rings. The minimum Gasteiger partial charge on any atom is -0.481 e. The summed E-state index contributed by atoms with van der Waals surface area (Å²) < 4.78 is 0. The first kappa shape index (κ1) is 25.8. The number of urea groups is 1. The predicted molar refractivity (Wildman–Crippen MR) is 129 cm³/mol. The number of rotatable bonds is 8. The summed E-state index contributed by atoms with van der Waals surface area (Å²) in [4.78, 5) is 41.2. The lowest BCUT2D eigenvalue weighted by atomic mass is 9.84. The molecule has 0 saturated heterocycles. The SMILES string of the molecule is CN1Cc2c(Cl)cc(Cl)cc2[C@H](c2cccc(NC(=O)N[C@@H](CCC(=O)ON)CC(=O)O)c2)C1. The molecule has 2 amide bonds. The van der Waals surface area contributed by atoms with E-state index in [-0.39, 0.29) is 25.2 Å². The van der Waals surface area contributed by atoms with Crippen molar-refractivity contribution in [2.45, 2.75) is 37.8 Å². The van der Waals surface area contributed by atoms with Gasteiger partial charge in [0.15, 0.2) is 0 Å². The van der Waals surface area contributed by atoms with Crippen LogP contribution in [0.5, 0.6) is 0 Å². The van der Waals surface area contributed by atoms with Gasteiger partial charge in [-0.15, -0.1) is 0 Å². The summed E-state index contributed by atoms with van der Waals surface area (Å²) in [6.07, 6.45) is -0.398. The Hall–Kier alpha value is -2.85. The molecule has 0 bridgehead atoms. The number of carbonyl (C=O) groups excluding carboxylic acids is 2. The highest BCUT2D eigenvalue weighted by Crippen LogP contribution is 2.38.